The number of rotatable bonds is 5. The molecule has 138 valence electrons. The number of aromatic nitrogens is 4. The molecule has 0 aliphatic carbocycles. The number of aromatic amines is 1. The molecule has 4 heterocycles. The van der Waals surface area contributed by atoms with Crippen molar-refractivity contribution < 1.29 is 9.53 Å². The minimum atomic E-state index is -0.308. The van der Waals surface area contributed by atoms with E-state index in [1.165, 1.54) is 6.08 Å². The van der Waals surface area contributed by atoms with E-state index in [0.717, 1.165) is 33.3 Å². The molecule has 0 aliphatic rings. The summed E-state index contributed by atoms with van der Waals surface area (Å²) in [7, 11) is 1.59. The van der Waals surface area contributed by atoms with Crippen molar-refractivity contribution in [3.05, 3.63) is 67.8 Å². The van der Waals surface area contributed by atoms with Gasteiger partial charge in [-0.15, -0.1) is 0 Å². The van der Waals surface area contributed by atoms with E-state index in [2.05, 4.69) is 37.9 Å². The van der Waals surface area contributed by atoms with E-state index < -0.39 is 0 Å². The SMILES string of the molecule is C=CC(=O)Nc1cc(-c2cnc3[nH]cc(-c4ccnc(OC)c4)c3c2)ccn1. The highest BCUT2D eigenvalue weighted by Crippen LogP contribution is 2.32. The predicted molar refractivity (Wildman–Crippen MR) is 108 cm³/mol. The number of amides is 1. The van der Waals surface area contributed by atoms with Crippen LogP contribution in [0.15, 0.2) is 67.8 Å². The summed E-state index contributed by atoms with van der Waals surface area (Å²) in [5, 5.41) is 3.64. The molecule has 1 amide bonds. The maximum atomic E-state index is 11.5. The van der Waals surface area contributed by atoms with E-state index in [1.54, 1.807) is 31.8 Å². The predicted octanol–water partition coefficient (Wildman–Crippen LogP) is 3.82. The molecule has 0 atom stereocenters. The lowest BCUT2D eigenvalue weighted by molar-refractivity contribution is -0.111. The van der Waals surface area contributed by atoms with E-state index in [4.69, 9.17) is 4.74 Å². The monoisotopic (exact) mass is 371 g/mol. The van der Waals surface area contributed by atoms with Gasteiger partial charge in [0.1, 0.15) is 11.5 Å². The topological polar surface area (TPSA) is 92.8 Å². The fraction of sp³-hybridized carbons (Fsp3) is 0.0476. The highest BCUT2D eigenvalue weighted by atomic mass is 16.5. The number of carbonyl (C=O) groups is 1. The first-order chi connectivity index (χ1) is 13.7. The quantitative estimate of drug-likeness (QED) is 0.520. The van der Waals surface area contributed by atoms with Gasteiger partial charge >= 0.3 is 0 Å². The first-order valence-corrected chi connectivity index (χ1v) is 8.55. The van der Waals surface area contributed by atoms with Gasteiger partial charge in [0.25, 0.3) is 0 Å². The largest absolute Gasteiger partial charge is 0.481 e. The summed E-state index contributed by atoms with van der Waals surface area (Å²) >= 11 is 0. The van der Waals surface area contributed by atoms with Crippen molar-refractivity contribution in [3.8, 4) is 28.1 Å². The van der Waals surface area contributed by atoms with Gasteiger partial charge in [0.15, 0.2) is 0 Å². The van der Waals surface area contributed by atoms with Crippen molar-refractivity contribution in [2.24, 2.45) is 0 Å². The Kier molecular flexibility index (Phi) is 4.55. The van der Waals surface area contributed by atoms with Crippen molar-refractivity contribution in [2.75, 3.05) is 12.4 Å². The molecule has 7 heteroatoms. The van der Waals surface area contributed by atoms with Crippen LogP contribution < -0.4 is 10.1 Å². The average molecular weight is 371 g/mol. The fourth-order valence-corrected chi connectivity index (χ4v) is 2.94. The normalized spacial score (nSPS) is 10.6. The zero-order chi connectivity index (χ0) is 19.5. The van der Waals surface area contributed by atoms with Crippen LogP contribution in [0.5, 0.6) is 5.88 Å². The van der Waals surface area contributed by atoms with E-state index >= 15 is 0 Å². The van der Waals surface area contributed by atoms with Crippen molar-refractivity contribution in [2.45, 2.75) is 0 Å². The third kappa shape index (κ3) is 3.33. The smallest absolute Gasteiger partial charge is 0.248 e. The Hall–Kier alpha value is -4.00. The second kappa shape index (κ2) is 7.32. The molecule has 0 aromatic carbocycles. The second-order valence-electron chi connectivity index (χ2n) is 6.03. The lowest BCUT2D eigenvalue weighted by atomic mass is 10.0. The molecule has 4 aromatic rings. The van der Waals surface area contributed by atoms with Gasteiger partial charge in [-0.3, -0.25) is 4.79 Å². The lowest BCUT2D eigenvalue weighted by Gasteiger charge is -2.06. The molecular weight excluding hydrogens is 354 g/mol. The van der Waals surface area contributed by atoms with Gasteiger partial charge in [-0.25, -0.2) is 15.0 Å². The van der Waals surface area contributed by atoms with Gasteiger partial charge in [-0.1, -0.05) is 6.58 Å². The van der Waals surface area contributed by atoms with Crippen molar-refractivity contribution in [1.29, 1.82) is 0 Å². The standard InChI is InChI=1S/C21H17N5O2/c1-3-19(27)26-18-9-13(4-6-22-18)15-8-16-17(12-25-21(16)24-11-15)14-5-7-23-20(10-14)28-2/h3-12H,1H2,2H3,(H,24,25)(H,22,26,27). The van der Waals surface area contributed by atoms with E-state index in [0.29, 0.717) is 11.7 Å². The highest BCUT2D eigenvalue weighted by molar-refractivity contribution is 5.99. The molecule has 0 bridgehead atoms. The number of hydrogen-bond donors (Lipinski definition) is 2. The third-order valence-electron chi connectivity index (χ3n) is 4.32. The molecule has 0 saturated carbocycles. The number of ether oxygens (including phenoxy) is 1. The number of nitrogens with one attached hydrogen (secondary N) is 2. The second-order valence-corrected chi connectivity index (χ2v) is 6.03. The Morgan fingerprint density at radius 1 is 1.11 bits per heavy atom. The van der Waals surface area contributed by atoms with E-state index in [9.17, 15) is 4.79 Å². The first-order valence-electron chi connectivity index (χ1n) is 8.55. The lowest BCUT2D eigenvalue weighted by Crippen LogP contribution is -2.08. The summed E-state index contributed by atoms with van der Waals surface area (Å²) in [4.78, 5) is 27.6. The number of fused-ring (bicyclic) bond motifs is 1. The molecule has 0 unspecified atom stereocenters. The van der Waals surface area contributed by atoms with Gasteiger partial charge in [0.05, 0.1) is 7.11 Å². The van der Waals surface area contributed by atoms with Crippen LogP contribution in [0.1, 0.15) is 0 Å². The maximum absolute atomic E-state index is 11.5. The van der Waals surface area contributed by atoms with Crippen LogP contribution in [0.25, 0.3) is 33.3 Å². The van der Waals surface area contributed by atoms with Crippen LogP contribution in [-0.2, 0) is 4.79 Å². The molecule has 0 fully saturated rings. The van der Waals surface area contributed by atoms with Gasteiger partial charge in [-0.2, -0.15) is 0 Å². The highest BCUT2D eigenvalue weighted by Gasteiger charge is 2.11. The van der Waals surface area contributed by atoms with E-state index in [-0.39, 0.29) is 5.91 Å². The summed E-state index contributed by atoms with van der Waals surface area (Å²) in [6, 6.07) is 9.52. The third-order valence-corrected chi connectivity index (χ3v) is 4.32. The summed E-state index contributed by atoms with van der Waals surface area (Å²) in [6.07, 6.45) is 8.26. The van der Waals surface area contributed by atoms with Crippen LogP contribution in [0, 0.1) is 0 Å². The Morgan fingerprint density at radius 2 is 1.93 bits per heavy atom. The molecule has 2 N–H and O–H groups in total. The molecule has 7 nitrogen and oxygen atoms in total. The van der Waals surface area contributed by atoms with Crippen molar-refractivity contribution in [1.82, 2.24) is 19.9 Å². The van der Waals surface area contributed by atoms with Gasteiger partial charge in [0.2, 0.25) is 11.8 Å². The number of nitrogens with zero attached hydrogens (tertiary/aromatic N) is 3. The van der Waals surface area contributed by atoms with Gasteiger partial charge in [0, 0.05) is 47.4 Å². The number of H-pyrrole nitrogens is 1. The van der Waals surface area contributed by atoms with E-state index in [1.807, 2.05) is 24.4 Å². The molecule has 0 spiro atoms. The van der Waals surface area contributed by atoms with Crippen LogP contribution in [0.3, 0.4) is 0 Å². The molecule has 4 aromatic heterocycles. The van der Waals surface area contributed by atoms with Crippen LogP contribution in [0.2, 0.25) is 0 Å². The number of pyridine rings is 3. The average Bonchev–Trinajstić information content (AvgIpc) is 3.17. The summed E-state index contributed by atoms with van der Waals surface area (Å²) in [6.45, 7) is 3.45. The molecule has 0 radical (unpaired) electrons. The van der Waals surface area contributed by atoms with Gasteiger partial charge < -0.3 is 15.0 Å². The zero-order valence-corrected chi connectivity index (χ0v) is 15.1. The summed E-state index contributed by atoms with van der Waals surface area (Å²) in [5.41, 5.74) is 4.56. The molecule has 0 saturated heterocycles. The van der Waals surface area contributed by atoms with Crippen molar-refractivity contribution >= 4 is 22.8 Å². The summed E-state index contributed by atoms with van der Waals surface area (Å²) in [5.74, 6) is 0.696. The number of hydrogen-bond acceptors (Lipinski definition) is 5. The minimum absolute atomic E-state index is 0.308. The first kappa shape index (κ1) is 17.4. The Labute approximate surface area is 161 Å². The van der Waals surface area contributed by atoms with Crippen molar-refractivity contribution in [3.63, 3.8) is 0 Å². The number of anilines is 1. The van der Waals surface area contributed by atoms with Crippen LogP contribution >= 0.6 is 0 Å². The fourth-order valence-electron chi connectivity index (χ4n) is 2.94. The molecule has 4 rings (SSSR count). The zero-order valence-electron chi connectivity index (χ0n) is 15.1. The molecular formula is C21H17N5O2. The van der Waals surface area contributed by atoms with Gasteiger partial charge in [-0.05, 0) is 41.5 Å². The minimum Gasteiger partial charge on any atom is -0.481 e. The maximum Gasteiger partial charge on any atom is 0.248 e. The molecule has 28 heavy (non-hydrogen) atoms. The van der Waals surface area contributed by atoms with Crippen LogP contribution in [0.4, 0.5) is 5.82 Å². The number of carbonyl (C=O) groups excluding carboxylic acids is 1. The summed E-state index contributed by atoms with van der Waals surface area (Å²) < 4.78 is 5.23. The Balaban J connectivity index is 1.77. The number of methoxy groups -OCH3 is 1. The Bertz CT molecular complexity index is 1180. The Morgan fingerprint density at radius 3 is 2.75 bits per heavy atom. The van der Waals surface area contributed by atoms with Crippen LogP contribution in [-0.4, -0.2) is 33.0 Å². The molecule has 0 aliphatic heterocycles.